The number of thiol groups is 1. The zero-order chi connectivity index (χ0) is 11.5. The molecule has 0 aliphatic heterocycles. The Kier molecular flexibility index (Phi) is 4.68. The number of nitrogens with one attached hydrogen (secondary N) is 1. The van der Waals surface area contributed by atoms with Crippen LogP contribution in [0, 0.1) is 0 Å². The molecule has 2 atom stereocenters. The molecular weight excluding hydrogens is 198 g/mol. The van der Waals surface area contributed by atoms with Crippen LogP contribution in [-0.2, 0) is 4.79 Å². The van der Waals surface area contributed by atoms with Crippen molar-refractivity contribution in [2.45, 2.75) is 38.5 Å². The largest absolute Gasteiger partial charge is 0.392 e. The molecule has 0 rings (SSSR count). The molecule has 0 aliphatic rings. The van der Waals surface area contributed by atoms with Crippen molar-refractivity contribution in [3.05, 3.63) is 11.3 Å². The van der Waals surface area contributed by atoms with Crippen molar-refractivity contribution >= 4 is 18.4 Å². The molecule has 4 heteroatoms. The molecule has 0 amide bonds. The van der Waals surface area contributed by atoms with Crippen molar-refractivity contribution in [3.8, 4) is 0 Å². The summed E-state index contributed by atoms with van der Waals surface area (Å²) in [6.07, 6.45) is -0.617. The van der Waals surface area contributed by atoms with Crippen LogP contribution in [0.5, 0.6) is 0 Å². The van der Waals surface area contributed by atoms with E-state index in [1.54, 1.807) is 27.8 Å². The quantitative estimate of drug-likeness (QED) is 0.489. The van der Waals surface area contributed by atoms with Gasteiger partial charge in [-0.05, 0) is 26.3 Å². The molecule has 0 aliphatic carbocycles. The summed E-state index contributed by atoms with van der Waals surface area (Å²) in [5.74, 6) is -0.0501. The van der Waals surface area contributed by atoms with Crippen LogP contribution in [0.25, 0.3) is 0 Å². The highest BCUT2D eigenvalue weighted by Gasteiger charge is 2.30. The van der Waals surface area contributed by atoms with Gasteiger partial charge in [0.15, 0.2) is 5.78 Å². The van der Waals surface area contributed by atoms with Gasteiger partial charge in [-0.2, -0.15) is 12.6 Å². The topological polar surface area (TPSA) is 49.3 Å². The highest BCUT2D eigenvalue weighted by atomic mass is 32.1. The molecular formula is C10H19NO2S. The van der Waals surface area contributed by atoms with Gasteiger partial charge in [0.25, 0.3) is 0 Å². The molecule has 82 valence electrons. The molecule has 1 unspecified atom stereocenters. The first-order valence-electron chi connectivity index (χ1n) is 4.55. The van der Waals surface area contributed by atoms with Gasteiger partial charge in [-0.3, -0.25) is 4.79 Å². The van der Waals surface area contributed by atoms with Crippen LogP contribution in [0.15, 0.2) is 11.3 Å². The van der Waals surface area contributed by atoms with E-state index in [2.05, 4.69) is 17.9 Å². The second-order valence-electron chi connectivity index (χ2n) is 3.63. The molecule has 0 aromatic rings. The molecule has 14 heavy (non-hydrogen) atoms. The monoisotopic (exact) mass is 217 g/mol. The van der Waals surface area contributed by atoms with Crippen LogP contribution in [0.1, 0.15) is 27.7 Å². The number of carbonyl (C=O) groups is 1. The summed E-state index contributed by atoms with van der Waals surface area (Å²) in [6.45, 7) is 6.73. The van der Waals surface area contributed by atoms with E-state index in [4.69, 9.17) is 0 Å². The van der Waals surface area contributed by atoms with Gasteiger partial charge < -0.3 is 10.4 Å². The SMILES string of the molecule is CN/C(C(C)=O)=C(\C)C(C)(S)[C@H](C)O. The number of ketones is 1. The molecule has 0 radical (unpaired) electrons. The summed E-state index contributed by atoms with van der Waals surface area (Å²) < 4.78 is -0.690. The smallest absolute Gasteiger partial charge is 0.175 e. The van der Waals surface area contributed by atoms with Gasteiger partial charge >= 0.3 is 0 Å². The molecule has 0 aromatic heterocycles. The highest BCUT2D eigenvalue weighted by molar-refractivity contribution is 7.82. The van der Waals surface area contributed by atoms with Crippen LogP contribution in [0.3, 0.4) is 0 Å². The van der Waals surface area contributed by atoms with Gasteiger partial charge in [-0.15, -0.1) is 0 Å². The molecule has 2 N–H and O–H groups in total. The maximum atomic E-state index is 11.2. The average Bonchev–Trinajstić information content (AvgIpc) is 2.04. The van der Waals surface area contributed by atoms with Gasteiger partial charge in [0, 0.05) is 14.0 Å². The summed E-state index contributed by atoms with van der Waals surface area (Å²) in [7, 11) is 1.69. The number of rotatable bonds is 4. The van der Waals surface area contributed by atoms with E-state index in [-0.39, 0.29) is 5.78 Å². The predicted octanol–water partition coefficient (Wildman–Crippen LogP) is 1.14. The first kappa shape index (κ1) is 13.5. The van der Waals surface area contributed by atoms with E-state index in [1.165, 1.54) is 6.92 Å². The summed E-state index contributed by atoms with van der Waals surface area (Å²) in [5.41, 5.74) is 1.27. The third kappa shape index (κ3) is 2.75. The molecule has 3 nitrogen and oxygen atoms in total. The zero-order valence-corrected chi connectivity index (χ0v) is 10.3. The van der Waals surface area contributed by atoms with Crippen LogP contribution >= 0.6 is 12.6 Å². The summed E-state index contributed by atoms with van der Waals surface area (Å²) in [5, 5.41) is 12.4. The molecule has 0 bridgehead atoms. The third-order valence-corrected chi connectivity index (χ3v) is 3.26. The van der Waals surface area contributed by atoms with E-state index < -0.39 is 10.9 Å². The zero-order valence-electron chi connectivity index (χ0n) is 9.38. The fourth-order valence-corrected chi connectivity index (χ4v) is 1.31. The third-order valence-electron chi connectivity index (χ3n) is 2.55. The van der Waals surface area contributed by atoms with Crippen LogP contribution in [0.4, 0.5) is 0 Å². The van der Waals surface area contributed by atoms with Gasteiger partial charge in [0.2, 0.25) is 0 Å². The number of allylic oxidation sites excluding steroid dienone is 1. The Morgan fingerprint density at radius 1 is 1.50 bits per heavy atom. The van der Waals surface area contributed by atoms with Gasteiger partial charge in [-0.25, -0.2) is 0 Å². The standard InChI is InChI=1S/C10H19NO2S/c1-6(9(11-5)7(2)12)10(4,14)8(3)13/h8,11,13-14H,1-5H3/b9-6+/t8-,10?/m0/s1. The van der Waals surface area contributed by atoms with Crippen LogP contribution < -0.4 is 5.32 Å². The number of hydrogen-bond donors (Lipinski definition) is 3. The molecule has 0 fully saturated rings. The number of likely N-dealkylation sites (N-methyl/N-ethyl adjacent to an activating group) is 1. The number of Topliss-reactive ketones (excluding diaryl/α,β-unsaturated/α-hetero) is 1. The maximum absolute atomic E-state index is 11.2. The Morgan fingerprint density at radius 3 is 2.14 bits per heavy atom. The number of aliphatic hydroxyl groups excluding tert-OH is 1. The van der Waals surface area contributed by atoms with E-state index in [1.807, 2.05) is 0 Å². The Bertz CT molecular complexity index is 257. The fraction of sp³-hybridized carbons (Fsp3) is 0.700. The van der Waals surface area contributed by atoms with Crippen LogP contribution in [0.2, 0.25) is 0 Å². The lowest BCUT2D eigenvalue weighted by atomic mass is 9.93. The van der Waals surface area contributed by atoms with Crippen molar-refractivity contribution < 1.29 is 9.90 Å². The molecule has 0 spiro atoms. The van der Waals surface area contributed by atoms with Gasteiger partial charge in [-0.1, -0.05) is 0 Å². The molecule has 0 saturated heterocycles. The number of carbonyl (C=O) groups excluding carboxylic acids is 1. The summed E-state index contributed by atoms with van der Waals surface area (Å²) >= 11 is 4.36. The Morgan fingerprint density at radius 2 is 1.93 bits per heavy atom. The Hall–Kier alpha value is -0.480. The second kappa shape index (κ2) is 4.84. The first-order valence-corrected chi connectivity index (χ1v) is 5.00. The minimum atomic E-state index is -0.690. The average molecular weight is 217 g/mol. The first-order chi connectivity index (χ1) is 6.25. The van der Waals surface area contributed by atoms with Crippen molar-refractivity contribution in [3.63, 3.8) is 0 Å². The molecule has 0 heterocycles. The van der Waals surface area contributed by atoms with E-state index in [0.717, 1.165) is 5.57 Å². The van der Waals surface area contributed by atoms with E-state index in [0.29, 0.717) is 5.70 Å². The van der Waals surface area contributed by atoms with Gasteiger partial charge in [0.05, 0.1) is 16.5 Å². The Balaban J connectivity index is 5.24. The Labute approximate surface area is 91.0 Å². The van der Waals surface area contributed by atoms with Crippen molar-refractivity contribution in [1.29, 1.82) is 0 Å². The van der Waals surface area contributed by atoms with E-state index in [9.17, 15) is 9.90 Å². The normalized spacial score (nSPS) is 19.4. The van der Waals surface area contributed by atoms with Gasteiger partial charge in [0.1, 0.15) is 0 Å². The number of hydrogen-bond acceptors (Lipinski definition) is 4. The van der Waals surface area contributed by atoms with Crippen LogP contribution in [-0.4, -0.2) is 28.8 Å². The molecule has 0 aromatic carbocycles. The second-order valence-corrected chi connectivity index (χ2v) is 4.56. The minimum absolute atomic E-state index is 0.0501. The highest BCUT2D eigenvalue weighted by Crippen LogP contribution is 2.29. The predicted molar refractivity (Wildman–Crippen MR) is 61.5 cm³/mol. The fourth-order valence-electron chi connectivity index (χ4n) is 1.19. The summed E-state index contributed by atoms with van der Waals surface area (Å²) in [6, 6.07) is 0. The van der Waals surface area contributed by atoms with E-state index >= 15 is 0 Å². The lowest BCUT2D eigenvalue weighted by Gasteiger charge is -2.29. The molecule has 0 saturated carbocycles. The lowest BCUT2D eigenvalue weighted by molar-refractivity contribution is -0.114. The van der Waals surface area contributed by atoms with Crippen molar-refractivity contribution in [2.24, 2.45) is 0 Å². The van der Waals surface area contributed by atoms with Crippen molar-refractivity contribution in [2.75, 3.05) is 7.05 Å². The minimum Gasteiger partial charge on any atom is -0.392 e. The number of aliphatic hydroxyl groups is 1. The van der Waals surface area contributed by atoms with Crippen molar-refractivity contribution in [1.82, 2.24) is 5.32 Å². The maximum Gasteiger partial charge on any atom is 0.175 e. The summed E-state index contributed by atoms with van der Waals surface area (Å²) in [4.78, 5) is 11.2. The lowest BCUT2D eigenvalue weighted by Crippen LogP contribution is -2.35.